The first kappa shape index (κ1) is 19.0. The topological polar surface area (TPSA) is 90.7 Å². The van der Waals surface area contributed by atoms with Gasteiger partial charge in [-0.15, -0.1) is 0 Å². The van der Waals surface area contributed by atoms with Crippen molar-refractivity contribution in [1.29, 1.82) is 0 Å². The number of carbonyl (C=O) groups excluding carboxylic acids is 1. The van der Waals surface area contributed by atoms with Gasteiger partial charge in [0.05, 0.1) is 28.0 Å². The Morgan fingerprint density at radius 1 is 1.07 bits per heavy atom. The Balaban J connectivity index is 1.65. The fourth-order valence-electron chi connectivity index (χ4n) is 3.07. The minimum Gasteiger partial charge on any atom is -0.486 e. The first-order chi connectivity index (χ1) is 13.9. The molecule has 1 aliphatic rings. The average molecular weight is 413 g/mol. The SMILES string of the molecule is Cc1c(C(=O)N(C)S(=O)(=O)c2ccc3c(c2)OCCO3)cnn1-c1ccccc1. The minimum atomic E-state index is -4.08. The van der Waals surface area contributed by atoms with Gasteiger partial charge in [-0.25, -0.2) is 17.4 Å². The molecule has 0 atom stereocenters. The molecule has 2 heterocycles. The van der Waals surface area contributed by atoms with E-state index in [2.05, 4.69) is 5.10 Å². The largest absolute Gasteiger partial charge is 0.486 e. The summed E-state index contributed by atoms with van der Waals surface area (Å²) in [5.41, 5.74) is 1.53. The number of benzene rings is 2. The van der Waals surface area contributed by atoms with Crippen molar-refractivity contribution in [2.24, 2.45) is 0 Å². The second-order valence-electron chi connectivity index (χ2n) is 6.47. The highest BCUT2D eigenvalue weighted by atomic mass is 32.2. The van der Waals surface area contributed by atoms with Crippen molar-refractivity contribution in [2.45, 2.75) is 11.8 Å². The van der Waals surface area contributed by atoms with Crippen LogP contribution in [0.25, 0.3) is 5.69 Å². The highest BCUT2D eigenvalue weighted by Crippen LogP contribution is 2.33. The third kappa shape index (κ3) is 3.33. The summed E-state index contributed by atoms with van der Waals surface area (Å²) in [6.45, 7) is 2.46. The number of carbonyl (C=O) groups is 1. The summed E-state index contributed by atoms with van der Waals surface area (Å²) < 4.78 is 39.2. The quantitative estimate of drug-likeness (QED) is 0.652. The zero-order valence-electron chi connectivity index (χ0n) is 15.9. The Morgan fingerprint density at radius 3 is 2.48 bits per heavy atom. The van der Waals surface area contributed by atoms with Crippen molar-refractivity contribution >= 4 is 15.9 Å². The fraction of sp³-hybridized carbons (Fsp3) is 0.200. The van der Waals surface area contributed by atoms with Crippen molar-refractivity contribution in [3.63, 3.8) is 0 Å². The number of hydrogen-bond acceptors (Lipinski definition) is 6. The van der Waals surface area contributed by atoms with Crippen LogP contribution in [0.1, 0.15) is 16.1 Å². The lowest BCUT2D eigenvalue weighted by atomic mass is 10.2. The standard InChI is InChI=1S/C20H19N3O5S/c1-14-17(13-21-23(14)15-6-4-3-5-7-15)20(24)22(2)29(25,26)16-8-9-18-19(12-16)28-11-10-27-18/h3-9,12-13H,10-11H2,1-2H3. The molecule has 150 valence electrons. The van der Waals surface area contributed by atoms with Gasteiger partial charge in [-0.05, 0) is 31.2 Å². The van der Waals surface area contributed by atoms with Gasteiger partial charge in [0, 0.05) is 13.1 Å². The molecule has 9 heteroatoms. The molecule has 3 aromatic rings. The molecule has 8 nitrogen and oxygen atoms in total. The minimum absolute atomic E-state index is 0.0503. The normalized spacial score (nSPS) is 13.2. The Kier molecular flexibility index (Phi) is 4.75. The highest BCUT2D eigenvalue weighted by Gasteiger charge is 2.30. The van der Waals surface area contributed by atoms with Gasteiger partial charge in [-0.3, -0.25) is 4.79 Å². The van der Waals surface area contributed by atoms with E-state index in [9.17, 15) is 13.2 Å². The summed E-state index contributed by atoms with van der Waals surface area (Å²) in [6.07, 6.45) is 1.38. The number of rotatable bonds is 4. The summed E-state index contributed by atoms with van der Waals surface area (Å²) in [7, 11) is -2.85. The van der Waals surface area contributed by atoms with E-state index in [4.69, 9.17) is 9.47 Å². The van der Waals surface area contributed by atoms with Crippen molar-refractivity contribution in [3.8, 4) is 17.2 Å². The molecule has 0 aliphatic carbocycles. The molecule has 0 spiro atoms. The van der Waals surface area contributed by atoms with E-state index in [1.54, 1.807) is 11.6 Å². The van der Waals surface area contributed by atoms with Crippen LogP contribution in [0.3, 0.4) is 0 Å². The zero-order valence-corrected chi connectivity index (χ0v) is 16.7. The van der Waals surface area contributed by atoms with Crippen LogP contribution in [0.5, 0.6) is 11.5 Å². The lowest BCUT2D eigenvalue weighted by Gasteiger charge is -2.21. The first-order valence-corrected chi connectivity index (χ1v) is 10.4. The fourth-order valence-corrected chi connectivity index (χ4v) is 4.20. The maximum absolute atomic E-state index is 13.0. The van der Waals surface area contributed by atoms with Crippen LogP contribution in [-0.2, 0) is 10.0 Å². The second-order valence-corrected chi connectivity index (χ2v) is 8.44. The number of ether oxygens (including phenoxy) is 2. The van der Waals surface area contributed by atoms with Crippen LogP contribution in [0, 0.1) is 6.92 Å². The smallest absolute Gasteiger partial charge is 0.270 e. The third-order valence-corrected chi connectivity index (χ3v) is 6.44. The van der Waals surface area contributed by atoms with Crippen LogP contribution in [-0.4, -0.2) is 48.7 Å². The molecule has 0 bridgehead atoms. The number of nitrogens with zero attached hydrogens (tertiary/aromatic N) is 3. The maximum Gasteiger partial charge on any atom is 0.270 e. The van der Waals surface area contributed by atoms with E-state index in [0.29, 0.717) is 30.4 Å². The van der Waals surface area contributed by atoms with Gasteiger partial charge in [-0.1, -0.05) is 18.2 Å². The van der Waals surface area contributed by atoms with Gasteiger partial charge in [0.25, 0.3) is 15.9 Å². The van der Waals surface area contributed by atoms with Crippen LogP contribution in [0.2, 0.25) is 0 Å². The number of fused-ring (bicyclic) bond motifs is 1. The molecule has 2 aromatic carbocycles. The molecule has 0 saturated heterocycles. The van der Waals surface area contributed by atoms with Crippen molar-refractivity contribution < 1.29 is 22.7 Å². The molecular weight excluding hydrogens is 394 g/mol. The van der Waals surface area contributed by atoms with Gasteiger partial charge in [-0.2, -0.15) is 5.10 Å². The molecule has 0 unspecified atom stereocenters. The second kappa shape index (κ2) is 7.25. The lowest BCUT2D eigenvalue weighted by Crippen LogP contribution is -2.33. The van der Waals surface area contributed by atoms with E-state index in [1.165, 1.54) is 31.4 Å². The van der Waals surface area contributed by atoms with Gasteiger partial charge in [0.1, 0.15) is 13.2 Å². The summed E-state index contributed by atoms with van der Waals surface area (Å²) >= 11 is 0. The third-order valence-electron chi connectivity index (χ3n) is 4.70. The maximum atomic E-state index is 13.0. The number of para-hydroxylation sites is 1. The monoisotopic (exact) mass is 413 g/mol. The molecule has 0 fully saturated rings. The number of sulfonamides is 1. The van der Waals surface area contributed by atoms with Gasteiger partial charge < -0.3 is 9.47 Å². The summed E-state index contributed by atoms with van der Waals surface area (Å²) in [4.78, 5) is 12.9. The first-order valence-electron chi connectivity index (χ1n) is 8.92. The van der Waals surface area contributed by atoms with Crippen LogP contribution >= 0.6 is 0 Å². The molecule has 1 aromatic heterocycles. The van der Waals surface area contributed by atoms with Crippen LogP contribution < -0.4 is 9.47 Å². The lowest BCUT2D eigenvalue weighted by molar-refractivity contribution is 0.0882. The molecule has 0 N–H and O–H groups in total. The molecule has 0 saturated carbocycles. The van der Waals surface area contributed by atoms with Gasteiger partial charge >= 0.3 is 0 Å². The average Bonchev–Trinajstić information content (AvgIpc) is 3.14. The van der Waals surface area contributed by atoms with Crippen LogP contribution in [0.15, 0.2) is 59.6 Å². The Labute approximate surface area is 168 Å². The van der Waals surface area contributed by atoms with Gasteiger partial charge in [0.2, 0.25) is 0 Å². The Hall–Kier alpha value is -3.33. The number of amides is 1. The predicted octanol–water partition coefficient (Wildman–Crippen LogP) is 2.41. The van der Waals surface area contributed by atoms with Crippen molar-refractivity contribution in [1.82, 2.24) is 14.1 Å². The summed E-state index contributed by atoms with van der Waals surface area (Å²) in [5.74, 6) is 0.148. The number of hydrogen-bond donors (Lipinski definition) is 0. The predicted molar refractivity (Wildman–Crippen MR) is 105 cm³/mol. The molecular formula is C20H19N3O5S. The number of aromatic nitrogens is 2. The zero-order chi connectivity index (χ0) is 20.6. The van der Waals surface area contributed by atoms with Crippen LogP contribution in [0.4, 0.5) is 0 Å². The molecule has 4 rings (SSSR count). The van der Waals surface area contributed by atoms with E-state index in [-0.39, 0.29) is 10.5 Å². The summed E-state index contributed by atoms with van der Waals surface area (Å²) in [5, 5.41) is 4.24. The van der Waals surface area contributed by atoms with E-state index >= 15 is 0 Å². The molecule has 1 aliphatic heterocycles. The highest BCUT2D eigenvalue weighted by molar-refractivity contribution is 7.89. The molecule has 0 radical (unpaired) electrons. The van der Waals surface area contributed by atoms with Gasteiger partial charge in [0.15, 0.2) is 11.5 Å². The molecule has 29 heavy (non-hydrogen) atoms. The van der Waals surface area contributed by atoms with E-state index < -0.39 is 15.9 Å². The Morgan fingerprint density at radius 2 is 1.76 bits per heavy atom. The Bertz CT molecular complexity index is 1170. The van der Waals surface area contributed by atoms with E-state index in [0.717, 1.165) is 9.99 Å². The molecule has 1 amide bonds. The van der Waals surface area contributed by atoms with Crippen molar-refractivity contribution in [3.05, 3.63) is 66.0 Å². The van der Waals surface area contributed by atoms with E-state index in [1.807, 2.05) is 30.3 Å². The van der Waals surface area contributed by atoms with Crippen molar-refractivity contribution in [2.75, 3.05) is 20.3 Å². The summed E-state index contributed by atoms with van der Waals surface area (Å²) in [6, 6.07) is 13.6.